The molecule has 1 aliphatic heterocycles. The molecule has 4 rings (SSSR count). The summed E-state index contributed by atoms with van der Waals surface area (Å²) in [5, 5.41) is 4.06. The van der Waals surface area contributed by atoms with E-state index < -0.39 is 0 Å². The number of aryl methyl sites for hydroxylation is 2. The van der Waals surface area contributed by atoms with Crippen molar-refractivity contribution in [3.05, 3.63) is 64.0 Å². The number of carbonyl (C=O) groups excluding carboxylic acids is 2. The van der Waals surface area contributed by atoms with E-state index in [1.807, 2.05) is 50.2 Å². The minimum Gasteiger partial charge on any atom is -0.377 e. The van der Waals surface area contributed by atoms with Gasteiger partial charge in [0, 0.05) is 17.4 Å². The summed E-state index contributed by atoms with van der Waals surface area (Å²) in [6.45, 7) is 4.09. The lowest BCUT2D eigenvalue weighted by atomic mass is 9.98. The van der Waals surface area contributed by atoms with Crippen LogP contribution in [-0.4, -0.2) is 32.7 Å². The highest BCUT2D eigenvalue weighted by Crippen LogP contribution is 2.34. The van der Waals surface area contributed by atoms with Crippen LogP contribution in [0.2, 0.25) is 0 Å². The molecule has 1 aromatic heterocycles. The van der Waals surface area contributed by atoms with Gasteiger partial charge in [-0.25, -0.2) is 9.97 Å². The first-order valence-electron chi connectivity index (χ1n) is 13.4. The average Bonchev–Trinajstić information content (AvgIpc) is 3.05. The van der Waals surface area contributed by atoms with Crippen molar-refractivity contribution in [1.82, 2.24) is 20.2 Å². The van der Waals surface area contributed by atoms with Gasteiger partial charge in [-0.1, -0.05) is 88.1 Å². The molecule has 2 amide bonds. The molecule has 1 aromatic carbocycles. The van der Waals surface area contributed by atoms with Crippen molar-refractivity contribution in [3.8, 4) is 0 Å². The van der Waals surface area contributed by atoms with Gasteiger partial charge in [0.25, 0.3) is 11.8 Å². The third-order valence-corrected chi connectivity index (χ3v) is 7.87. The van der Waals surface area contributed by atoms with Gasteiger partial charge in [0.1, 0.15) is 10.6 Å². The number of aromatic nitrogens is 2. The van der Waals surface area contributed by atoms with Crippen molar-refractivity contribution in [3.63, 3.8) is 0 Å². The number of amides is 2. The Bertz CT molecular complexity index is 1050. The minimum absolute atomic E-state index is 0.184. The minimum atomic E-state index is -0.271. The molecule has 1 fully saturated rings. The van der Waals surface area contributed by atoms with Crippen LogP contribution >= 0.6 is 11.8 Å². The first kappa shape index (κ1) is 26.4. The molecule has 2 heterocycles. The van der Waals surface area contributed by atoms with Crippen LogP contribution in [0.3, 0.4) is 0 Å². The largest absolute Gasteiger partial charge is 0.377 e. The van der Waals surface area contributed by atoms with Crippen LogP contribution in [0, 0.1) is 13.8 Å². The normalized spacial score (nSPS) is 18.8. The molecule has 1 N–H and O–H groups in total. The molecule has 192 valence electrons. The van der Waals surface area contributed by atoms with E-state index in [2.05, 4.69) is 15.3 Å². The van der Waals surface area contributed by atoms with Crippen molar-refractivity contribution < 1.29 is 9.59 Å². The lowest BCUT2D eigenvalue weighted by molar-refractivity contribution is -0.138. The van der Waals surface area contributed by atoms with Gasteiger partial charge in [0.15, 0.2) is 5.16 Å². The van der Waals surface area contributed by atoms with Gasteiger partial charge in [-0.3, -0.25) is 14.5 Å². The standard InChI is InChI=1S/C29H38N4O2S/c1-21-19-22(2)31-29(30-21)36-26-25(27(34)33(28(26)35)20-23-15-11-10-12-16-23)32-24-17-13-8-6-4-3-5-7-9-14-18-24/h10-12,15-16,19,24,32H,3-9,13-14,17-18,20H2,1-2H3. The van der Waals surface area contributed by atoms with Crippen molar-refractivity contribution in [1.29, 1.82) is 0 Å². The van der Waals surface area contributed by atoms with Gasteiger partial charge in [-0.05, 0) is 50.1 Å². The Labute approximate surface area is 219 Å². The summed E-state index contributed by atoms with van der Waals surface area (Å²) in [5.74, 6) is -0.519. The van der Waals surface area contributed by atoms with E-state index in [0.717, 1.165) is 42.6 Å². The van der Waals surface area contributed by atoms with Crippen LogP contribution in [0.4, 0.5) is 0 Å². The van der Waals surface area contributed by atoms with Gasteiger partial charge >= 0.3 is 0 Å². The molecule has 1 saturated carbocycles. The van der Waals surface area contributed by atoms with Gasteiger partial charge < -0.3 is 5.32 Å². The van der Waals surface area contributed by atoms with Crippen LogP contribution in [-0.2, 0) is 16.1 Å². The summed E-state index contributed by atoms with van der Waals surface area (Å²) < 4.78 is 0. The predicted octanol–water partition coefficient (Wildman–Crippen LogP) is 6.23. The highest BCUT2D eigenvalue weighted by atomic mass is 32.2. The van der Waals surface area contributed by atoms with Crippen LogP contribution in [0.1, 0.15) is 87.6 Å². The van der Waals surface area contributed by atoms with E-state index in [1.165, 1.54) is 61.6 Å². The van der Waals surface area contributed by atoms with Crippen LogP contribution in [0.15, 0.2) is 52.2 Å². The number of imide groups is 1. The average molecular weight is 507 g/mol. The molecule has 0 unspecified atom stereocenters. The molecule has 7 heteroatoms. The van der Waals surface area contributed by atoms with Gasteiger partial charge in [-0.15, -0.1) is 0 Å². The molecule has 2 aliphatic rings. The molecule has 1 aliphatic carbocycles. The monoisotopic (exact) mass is 506 g/mol. The smallest absolute Gasteiger partial charge is 0.278 e. The van der Waals surface area contributed by atoms with Crippen LogP contribution in [0.5, 0.6) is 0 Å². The van der Waals surface area contributed by atoms with Crippen LogP contribution < -0.4 is 5.32 Å². The van der Waals surface area contributed by atoms with E-state index >= 15 is 0 Å². The fourth-order valence-electron chi connectivity index (χ4n) is 5.03. The second-order valence-corrected chi connectivity index (χ2v) is 11.0. The SMILES string of the molecule is Cc1cc(C)nc(SC2=C(NC3CCCCCCCCCCC3)C(=O)N(Cc3ccccc3)C2=O)n1. The number of hydrogen-bond acceptors (Lipinski definition) is 6. The number of hydrogen-bond donors (Lipinski definition) is 1. The Morgan fingerprint density at radius 2 is 1.39 bits per heavy atom. The maximum Gasteiger partial charge on any atom is 0.278 e. The second kappa shape index (κ2) is 13.0. The molecular formula is C29H38N4O2S. The first-order chi connectivity index (χ1) is 17.5. The number of thioether (sulfide) groups is 1. The third kappa shape index (κ3) is 7.19. The summed E-state index contributed by atoms with van der Waals surface area (Å²) in [6.07, 6.45) is 13.3. The zero-order valence-corrected chi connectivity index (χ0v) is 22.4. The lowest BCUT2D eigenvalue weighted by Crippen LogP contribution is -2.36. The van der Waals surface area contributed by atoms with Crippen LogP contribution in [0.25, 0.3) is 0 Å². The maximum absolute atomic E-state index is 13.6. The number of nitrogens with zero attached hydrogens (tertiary/aromatic N) is 3. The molecule has 0 bridgehead atoms. The molecule has 0 saturated heterocycles. The summed E-state index contributed by atoms with van der Waals surface area (Å²) >= 11 is 1.21. The molecular weight excluding hydrogens is 468 g/mol. The Kier molecular flexibility index (Phi) is 9.56. The summed E-state index contributed by atoms with van der Waals surface area (Å²) in [4.78, 5) is 38.0. The van der Waals surface area contributed by atoms with Gasteiger partial charge in [0.05, 0.1) is 6.54 Å². The highest BCUT2D eigenvalue weighted by Gasteiger charge is 2.40. The predicted molar refractivity (Wildman–Crippen MR) is 144 cm³/mol. The molecule has 36 heavy (non-hydrogen) atoms. The quantitative estimate of drug-likeness (QED) is 0.370. The molecule has 6 nitrogen and oxygen atoms in total. The topological polar surface area (TPSA) is 75.2 Å². The fraction of sp³-hybridized carbons (Fsp3) is 0.517. The summed E-state index contributed by atoms with van der Waals surface area (Å²) in [7, 11) is 0. The Balaban J connectivity index is 1.58. The number of carbonyl (C=O) groups is 2. The first-order valence-corrected chi connectivity index (χ1v) is 14.2. The number of rotatable bonds is 6. The maximum atomic E-state index is 13.6. The van der Waals surface area contributed by atoms with Gasteiger partial charge in [0.2, 0.25) is 0 Å². The van der Waals surface area contributed by atoms with Crippen molar-refractivity contribution >= 4 is 23.6 Å². The molecule has 0 spiro atoms. The van der Waals surface area contributed by atoms with E-state index in [0.29, 0.717) is 15.8 Å². The zero-order chi connectivity index (χ0) is 25.3. The van der Waals surface area contributed by atoms with E-state index in [1.54, 1.807) is 0 Å². The number of nitrogens with one attached hydrogen (secondary N) is 1. The zero-order valence-electron chi connectivity index (χ0n) is 21.6. The highest BCUT2D eigenvalue weighted by molar-refractivity contribution is 8.04. The molecule has 0 atom stereocenters. The van der Waals surface area contributed by atoms with E-state index in [4.69, 9.17) is 0 Å². The Morgan fingerprint density at radius 1 is 0.833 bits per heavy atom. The molecule has 2 aromatic rings. The summed E-state index contributed by atoms with van der Waals surface area (Å²) in [5.41, 5.74) is 3.04. The van der Waals surface area contributed by atoms with Crippen molar-refractivity contribution in [2.24, 2.45) is 0 Å². The van der Waals surface area contributed by atoms with Crippen molar-refractivity contribution in [2.75, 3.05) is 0 Å². The molecule has 0 radical (unpaired) electrons. The van der Waals surface area contributed by atoms with Crippen molar-refractivity contribution in [2.45, 2.75) is 102 Å². The van der Waals surface area contributed by atoms with Gasteiger partial charge in [-0.2, -0.15) is 0 Å². The third-order valence-electron chi connectivity index (χ3n) is 6.92. The van der Waals surface area contributed by atoms with E-state index in [-0.39, 0.29) is 24.4 Å². The summed E-state index contributed by atoms with van der Waals surface area (Å²) in [6, 6.07) is 11.8. The fourth-order valence-corrected chi connectivity index (χ4v) is 6.04. The van der Waals surface area contributed by atoms with E-state index in [9.17, 15) is 9.59 Å². The number of benzene rings is 1. The Morgan fingerprint density at radius 3 is 1.97 bits per heavy atom. The lowest BCUT2D eigenvalue weighted by Gasteiger charge is -2.22. The Hall–Kier alpha value is -2.67. The second-order valence-electron chi connectivity index (χ2n) is 10.0.